The van der Waals surface area contributed by atoms with Gasteiger partial charge in [-0.05, 0) is 31.1 Å². The molecule has 0 amide bonds. The first-order valence-electron chi connectivity index (χ1n) is 6.73. The molecule has 0 heterocycles. The number of hydrogen-bond acceptors (Lipinski definition) is 1. The lowest BCUT2D eigenvalue weighted by Crippen LogP contribution is -2.10. The molecule has 0 aliphatic heterocycles. The van der Waals surface area contributed by atoms with E-state index in [0.29, 0.717) is 9.74 Å². The second-order valence-corrected chi connectivity index (χ2v) is 6.57. The van der Waals surface area contributed by atoms with Crippen molar-refractivity contribution in [2.45, 2.75) is 72.1 Å². The Hall–Kier alpha value is 0.110. The number of nitrogens with zero attached hydrogens (tertiary/aromatic N) is 1. The second-order valence-electron chi connectivity index (χ2n) is 5.46. The van der Waals surface area contributed by atoms with Gasteiger partial charge in [0, 0.05) is 6.21 Å². The third-order valence-electron chi connectivity index (χ3n) is 3.10. The van der Waals surface area contributed by atoms with E-state index in [1.54, 1.807) is 0 Å². The average Bonchev–Trinajstić information content (AvgIpc) is 2.23. The molecule has 3 heteroatoms. The van der Waals surface area contributed by atoms with E-state index in [4.69, 9.17) is 12.2 Å². The summed E-state index contributed by atoms with van der Waals surface area (Å²) in [7, 11) is 0. The molecule has 0 saturated carbocycles. The summed E-state index contributed by atoms with van der Waals surface area (Å²) in [4.78, 5) is 3.99. The number of unbranched alkanes of at least 4 members (excludes halogenated alkanes) is 4. The molecule has 0 aromatic heterocycles. The van der Waals surface area contributed by atoms with Gasteiger partial charge >= 0.3 is 0 Å². The van der Waals surface area contributed by atoms with Crippen LogP contribution >= 0.6 is 24.8 Å². The minimum Gasteiger partial charge on any atom is -0.243 e. The SMILES string of the molecule is CCCCCC(C)(C)CCCCC=NC(=S)S. The van der Waals surface area contributed by atoms with Crippen LogP contribution in [-0.2, 0) is 0 Å². The quantitative estimate of drug-likeness (QED) is 0.255. The Morgan fingerprint density at radius 3 is 2.29 bits per heavy atom. The lowest BCUT2D eigenvalue weighted by molar-refractivity contribution is 0.286. The Balaban J connectivity index is 3.54. The third-order valence-corrected chi connectivity index (χ3v) is 3.32. The molecule has 0 unspecified atom stereocenters. The first-order chi connectivity index (χ1) is 7.98. The van der Waals surface area contributed by atoms with Gasteiger partial charge in [0.05, 0.1) is 0 Å². The predicted molar refractivity (Wildman–Crippen MR) is 86.5 cm³/mol. The van der Waals surface area contributed by atoms with Crippen molar-refractivity contribution in [1.29, 1.82) is 0 Å². The van der Waals surface area contributed by atoms with Crippen molar-refractivity contribution in [1.82, 2.24) is 0 Å². The number of hydrogen-bond donors (Lipinski definition) is 1. The Morgan fingerprint density at radius 2 is 1.76 bits per heavy atom. The van der Waals surface area contributed by atoms with Crippen molar-refractivity contribution in [3.05, 3.63) is 0 Å². The van der Waals surface area contributed by atoms with Crippen LogP contribution in [0.2, 0.25) is 0 Å². The molecule has 0 aliphatic carbocycles. The molecule has 0 bridgehead atoms. The van der Waals surface area contributed by atoms with E-state index in [1.807, 2.05) is 6.21 Å². The molecule has 0 spiro atoms. The van der Waals surface area contributed by atoms with Crippen molar-refractivity contribution < 1.29 is 0 Å². The maximum atomic E-state index is 4.76. The van der Waals surface area contributed by atoms with E-state index < -0.39 is 0 Å². The largest absolute Gasteiger partial charge is 0.243 e. The van der Waals surface area contributed by atoms with Gasteiger partial charge in [-0.2, -0.15) is 0 Å². The predicted octanol–water partition coefficient (Wildman–Crippen LogP) is 5.44. The van der Waals surface area contributed by atoms with E-state index in [0.717, 1.165) is 6.42 Å². The summed E-state index contributed by atoms with van der Waals surface area (Å²) in [5.41, 5.74) is 0.505. The molecule has 0 atom stereocenters. The summed E-state index contributed by atoms with van der Waals surface area (Å²) in [6.07, 6.45) is 12.1. The Morgan fingerprint density at radius 1 is 1.18 bits per heavy atom. The fraction of sp³-hybridized carbons (Fsp3) is 0.857. The highest BCUT2D eigenvalue weighted by Crippen LogP contribution is 2.29. The number of aliphatic imine (C=N–C) groups is 1. The minimum absolute atomic E-state index is 0.435. The first kappa shape index (κ1) is 17.1. The molecular formula is C14H27NS2. The third kappa shape index (κ3) is 12.4. The van der Waals surface area contributed by atoms with Crippen LogP contribution in [0.5, 0.6) is 0 Å². The van der Waals surface area contributed by atoms with Gasteiger partial charge < -0.3 is 0 Å². The summed E-state index contributed by atoms with van der Waals surface area (Å²) in [6.45, 7) is 7.04. The summed E-state index contributed by atoms with van der Waals surface area (Å²) in [5.74, 6) is 0. The Bertz CT molecular complexity index is 234. The van der Waals surface area contributed by atoms with Crippen molar-refractivity contribution in [3.8, 4) is 0 Å². The highest BCUT2D eigenvalue weighted by molar-refractivity contribution is 8.11. The second kappa shape index (κ2) is 10.1. The number of rotatable bonds is 9. The monoisotopic (exact) mass is 273 g/mol. The van der Waals surface area contributed by atoms with Crippen molar-refractivity contribution in [2.75, 3.05) is 0 Å². The molecule has 0 saturated heterocycles. The van der Waals surface area contributed by atoms with Crippen LogP contribution in [0.25, 0.3) is 0 Å². The fourth-order valence-corrected chi connectivity index (χ4v) is 2.12. The molecule has 100 valence electrons. The van der Waals surface area contributed by atoms with Crippen LogP contribution in [-0.4, -0.2) is 10.5 Å². The molecule has 0 aromatic carbocycles. The zero-order chi connectivity index (χ0) is 13.1. The lowest BCUT2D eigenvalue weighted by Gasteiger charge is -2.24. The van der Waals surface area contributed by atoms with E-state index in [1.165, 1.54) is 44.9 Å². The van der Waals surface area contributed by atoms with E-state index in [9.17, 15) is 0 Å². The Labute approximate surface area is 118 Å². The van der Waals surface area contributed by atoms with Crippen LogP contribution in [0.15, 0.2) is 4.99 Å². The molecule has 1 nitrogen and oxygen atoms in total. The van der Waals surface area contributed by atoms with Gasteiger partial charge in [0.25, 0.3) is 0 Å². The van der Waals surface area contributed by atoms with Crippen molar-refractivity contribution in [3.63, 3.8) is 0 Å². The molecule has 0 rings (SSSR count). The van der Waals surface area contributed by atoms with Crippen molar-refractivity contribution >= 4 is 35.4 Å². The maximum Gasteiger partial charge on any atom is 0.156 e. The summed E-state index contributed by atoms with van der Waals surface area (Å²) in [6, 6.07) is 0. The normalized spacial score (nSPS) is 12.2. The summed E-state index contributed by atoms with van der Waals surface area (Å²) < 4.78 is 0.435. The topological polar surface area (TPSA) is 12.4 Å². The first-order valence-corrected chi connectivity index (χ1v) is 7.59. The van der Waals surface area contributed by atoms with Gasteiger partial charge in [0.2, 0.25) is 0 Å². The van der Waals surface area contributed by atoms with Gasteiger partial charge in [0.15, 0.2) is 4.32 Å². The van der Waals surface area contributed by atoms with Gasteiger partial charge in [-0.25, -0.2) is 4.99 Å². The van der Waals surface area contributed by atoms with Gasteiger partial charge in [0.1, 0.15) is 0 Å². The minimum atomic E-state index is 0.435. The van der Waals surface area contributed by atoms with Crippen molar-refractivity contribution in [2.24, 2.45) is 10.4 Å². The molecule has 0 N–H and O–H groups in total. The highest BCUT2D eigenvalue weighted by Gasteiger charge is 2.16. The van der Waals surface area contributed by atoms with Crippen LogP contribution in [0.3, 0.4) is 0 Å². The van der Waals surface area contributed by atoms with Crippen LogP contribution in [0, 0.1) is 5.41 Å². The molecule has 17 heavy (non-hydrogen) atoms. The number of thiocarbonyl (C=S) groups is 1. The molecular weight excluding hydrogens is 246 g/mol. The van der Waals surface area contributed by atoms with E-state index >= 15 is 0 Å². The van der Waals surface area contributed by atoms with Crippen LogP contribution in [0.1, 0.15) is 72.1 Å². The van der Waals surface area contributed by atoms with Gasteiger partial charge in [-0.3, -0.25) is 0 Å². The fourth-order valence-electron chi connectivity index (χ4n) is 1.96. The van der Waals surface area contributed by atoms with Crippen LogP contribution in [0.4, 0.5) is 0 Å². The smallest absolute Gasteiger partial charge is 0.156 e. The summed E-state index contributed by atoms with van der Waals surface area (Å²) >= 11 is 8.71. The van der Waals surface area contributed by atoms with E-state index in [2.05, 4.69) is 38.4 Å². The van der Waals surface area contributed by atoms with Crippen LogP contribution < -0.4 is 0 Å². The lowest BCUT2D eigenvalue weighted by atomic mass is 9.82. The number of thiol groups is 1. The van der Waals surface area contributed by atoms with Gasteiger partial charge in [-0.15, -0.1) is 12.6 Å². The zero-order valence-electron chi connectivity index (χ0n) is 11.5. The zero-order valence-corrected chi connectivity index (χ0v) is 13.2. The highest BCUT2D eigenvalue weighted by atomic mass is 32.1. The van der Waals surface area contributed by atoms with E-state index in [-0.39, 0.29) is 0 Å². The Kier molecular flexibility index (Phi) is 10.1. The average molecular weight is 274 g/mol. The molecule has 0 radical (unpaired) electrons. The maximum absolute atomic E-state index is 4.76. The molecule has 0 aliphatic rings. The standard InChI is InChI=1S/C14H27NS2/c1-4-5-7-10-14(2,3)11-8-6-9-12-15-13(16)17/h12H,4-11H2,1-3H3,(H,16,17). The molecule has 0 fully saturated rings. The molecule has 0 aromatic rings. The summed E-state index contributed by atoms with van der Waals surface area (Å²) in [5, 5.41) is 0. The van der Waals surface area contributed by atoms with Gasteiger partial charge in [-0.1, -0.05) is 58.7 Å².